The van der Waals surface area contributed by atoms with Gasteiger partial charge in [-0.1, -0.05) is 11.2 Å². The minimum absolute atomic E-state index is 0.0709. The van der Waals surface area contributed by atoms with E-state index in [0.717, 1.165) is 24.0 Å². The lowest BCUT2D eigenvalue weighted by Crippen LogP contribution is -1.95. The minimum atomic E-state index is -0.456. The van der Waals surface area contributed by atoms with Crippen LogP contribution in [0.4, 0.5) is 5.69 Å². The van der Waals surface area contributed by atoms with Gasteiger partial charge in [-0.15, -0.1) is 0 Å². The average molecular weight is 367 g/mol. The van der Waals surface area contributed by atoms with Crippen LogP contribution in [0.25, 0.3) is 11.4 Å². The molecule has 2 heterocycles. The summed E-state index contributed by atoms with van der Waals surface area (Å²) in [5, 5.41) is 15.2. The molecule has 4 rings (SSSR count). The van der Waals surface area contributed by atoms with Crippen molar-refractivity contribution in [2.24, 2.45) is 0 Å². The van der Waals surface area contributed by atoms with Crippen molar-refractivity contribution in [2.75, 3.05) is 6.61 Å². The van der Waals surface area contributed by atoms with Crippen LogP contribution in [-0.2, 0) is 4.74 Å². The summed E-state index contributed by atoms with van der Waals surface area (Å²) in [6.07, 6.45) is 1.74. The molecule has 0 saturated carbocycles. The Kier molecular flexibility index (Phi) is 4.55. The van der Waals surface area contributed by atoms with Crippen LogP contribution in [0, 0.1) is 17.0 Å². The Labute approximate surface area is 154 Å². The Morgan fingerprint density at radius 2 is 2.04 bits per heavy atom. The summed E-state index contributed by atoms with van der Waals surface area (Å²) < 4.78 is 16.5. The first-order valence-corrected chi connectivity index (χ1v) is 8.59. The van der Waals surface area contributed by atoms with Gasteiger partial charge in [-0.25, -0.2) is 0 Å². The van der Waals surface area contributed by atoms with Gasteiger partial charge in [0.2, 0.25) is 11.6 Å². The second-order valence-electron chi connectivity index (χ2n) is 6.31. The lowest BCUT2D eigenvalue weighted by atomic mass is 10.2. The Morgan fingerprint density at radius 3 is 2.74 bits per heavy atom. The Morgan fingerprint density at radius 1 is 1.22 bits per heavy atom. The quantitative estimate of drug-likeness (QED) is 0.480. The number of aryl methyl sites for hydroxylation is 1. The minimum Gasteiger partial charge on any atom is -0.450 e. The molecule has 0 amide bonds. The zero-order valence-electron chi connectivity index (χ0n) is 14.6. The standard InChI is InChI=1S/C19H17N3O5/c1-12-4-9-16(15(11-12)22(23)24)26-14-7-5-13(6-8-14)18-20-19(27-21-18)17-3-2-10-25-17/h4-9,11,17H,2-3,10H2,1H3. The number of nitro groups is 1. The number of nitrogens with zero attached hydrogens (tertiary/aromatic N) is 3. The van der Waals surface area contributed by atoms with Gasteiger partial charge in [0.15, 0.2) is 0 Å². The van der Waals surface area contributed by atoms with Crippen LogP contribution in [0.15, 0.2) is 47.0 Å². The maximum atomic E-state index is 11.2. The molecule has 0 aliphatic carbocycles. The molecule has 1 unspecified atom stereocenters. The number of hydrogen-bond acceptors (Lipinski definition) is 7. The van der Waals surface area contributed by atoms with Crippen LogP contribution in [-0.4, -0.2) is 21.7 Å². The molecular weight excluding hydrogens is 350 g/mol. The van der Waals surface area contributed by atoms with Crippen molar-refractivity contribution in [2.45, 2.75) is 25.9 Å². The topological polar surface area (TPSA) is 101 Å². The smallest absolute Gasteiger partial charge is 0.311 e. The molecule has 0 bridgehead atoms. The normalized spacial score (nSPS) is 16.4. The predicted octanol–water partition coefficient (Wildman–Crippen LogP) is 4.60. The Balaban J connectivity index is 1.52. The monoisotopic (exact) mass is 367 g/mol. The third-order valence-corrected chi connectivity index (χ3v) is 4.30. The molecule has 0 radical (unpaired) electrons. The highest BCUT2D eigenvalue weighted by Crippen LogP contribution is 2.33. The molecule has 1 aliphatic rings. The number of rotatable bonds is 5. The van der Waals surface area contributed by atoms with Crippen LogP contribution in [0.2, 0.25) is 0 Å². The average Bonchev–Trinajstić information content (AvgIpc) is 3.35. The van der Waals surface area contributed by atoms with E-state index in [0.29, 0.717) is 24.1 Å². The fourth-order valence-corrected chi connectivity index (χ4v) is 2.91. The van der Waals surface area contributed by atoms with E-state index in [1.165, 1.54) is 6.07 Å². The lowest BCUT2D eigenvalue weighted by Gasteiger charge is -2.07. The molecule has 1 atom stereocenters. The summed E-state index contributed by atoms with van der Waals surface area (Å²) >= 11 is 0. The molecule has 1 aromatic heterocycles. The van der Waals surface area contributed by atoms with Crippen molar-refractivity contribution >= 4 is 5.69 Å². The third-order valence-electron chi connectivity index (χ3n) is 4.30. The van der Waals surface area contributed by atoms with Crippen molar-refractivity contribution in [3.05, 3.63) is 64.0 Å². The molecule has 138 valence electrons. The summed E-state index contributed by atoms with van der Waals surface area (Å²) in [5.74, 6) is 1.62. The van der Waals surface area contributed by atoms with Crippen molar-refractivity contribution in [1.82, 2.24) is 10.1 Å². The van der Waals surface area contributed by atoms with Gasteiger partial charge in [0.05, 0.1) is 4.92 Å². The maximum Gasteiger partial charge on any atom is 0.311 e. The van der Waals surface area contributed by atoms with Crippen molar-refractivity contribution < 1.29 is 18.9 Å². The van der Waals surface area contributed by atoms with E-state index in [9.17, 15) is 10.1 Å². The predicted molar refractivity (Wildman–Crippen MR) is 95.6 cm³/mol. The Bertz CT molecular complexity index is 962. The summed E-state index contributed by atoms with van der Waals surface area (Å²) in [5.41, 5.74) is 1.48. The zero-order chi connectivity index (χ0) is 18.8. The fraction of sp³-hybridized carbons (Fsp3) is 0.263. The van der Waals surface area contributed by atoms with Gasteiger partial charge in [0, 0.05) is 18.2 Å². The first-order chi connectivity index (χ1) is 13.1. The fourth-order valence-electron chi connectivity index (χ4n) is 2.91. The summed E-state index contributed by atoms with van der Waals surface area (Å²) in [6.45, 7) is 2.50. The second-order valence-corrected chi connectivity index (χ2v) is 6.31. The molecule has 3 aromatic rings. The number of benzene rings is 2. The number of nitro benzene ring substituents is 1. The maximum absolute atomic E-state index is 11.2. The van der Waals surface area contributed by atoms with Gasteiger partial charge in [-0.2, -0.15) is 4.98 Å². The molecule has 27 heavy (non-hydrogen) atoms. The van der Waals surface area contributed by atoms with E-state index in [1.54, 1.807) is 43.3 Å². The summed E-state index contributed by atoms with van der Waals surface area (Å²) in [6, 6.07) is 11.8. The summed E-state index contributed by atoms with van der Waals surface area (Å²) in [7, 11) is 0. The highest BCUT2D eigenvalue weighted by molar-refractivity contribution is 5.56. The zero-order valence-corrected chi connectivity index (χ0v) is 14.6. The van der Waals surface area contributed by atoms with Crippen molar-refractivity contribution in [3.8, 4) is 22.9 Å². The molecule has 1 fully saturated rings. The van der Waals surface area contributed by atoms with Gasteiger partial charge >= 0.3 is 5.69 Å². The van der Waals surface area contributed by atoms with Crippen LogP contribution in [0.1, 0.15) is 30.4 Å². The van der Waals surface area contributed by atoms with Gasteiger partial charge < -0.3 is 14.0 Å². The van der Waals surface area contributed by atoms with Crippen LogP contribution in [0.3, 0.4) is 0 Å². The molecular formula is C19H17N3O5. The molecule has 0 spiro atoms. The summed E-state index contributed by atoms with van der Waals surface area (Å²) in [4.78, 5) is 15.1. The second kappa shape index (κ2) is 7.16. The van der Waals surface area contributed by atoms with Crippen molar-refractivity contribution in [1.29, 1.82) is 0 Å². The lowest BCUT2D eigenvalue weighted by molar-refractivity contribution is -0.385. The van der Waals surface area contributed by atoms with Gasteiger partial charge in [0.1, 0.15) is 11.9 Å². The number of ether oxygens (including phenoxy) is 2. The van der Waals surface area contributed by atoms with E-state index in [4.69, 9.17) is 14.0 Å². The Hall–Kier alpha value is -3.26. The first kappa shape index (κ1) is 17.2. The highest BCUT2D eigenvalue weighted by Gasteiger charge is 2.24. The molecule has 8 heteroatoms. The molecule has 1 saturated heterocycles. The SMILES string of the molecule is Cc1ccc(Oc2ccc(-c3noc(C4CCCO4)n3)cc2)c([N+](=O)[O-])c1. The highest BCUT2D eigenvalue weighted by atomic mass is 16.6. The van der Waals surface area contributed by atoms with Gasteiger partial charge in [-0.3, -0.25) is 10.1 Å². The van der Waals surface area contributed by atoms with Crippen LogP contribution in [0.5, 0.6) is 11.5 Å². The molecule has 1 aliphatic heterocycles. The van der Waals surface area contributed by atoms with E-state index >= 15 is 0 Å². The molecule has 8 nitrogen and oxygen atoms in total. The molecule has 2 aromatic carbocycles. The number of aromatic nitrogens is 2. The molecule has 0 N–H and O–H groups in total. The number of hydrogen-bond donors (Lipinski definition) is 0. The van der Waals surface area contributed by atoms with E-state index in [1.807, 2.05) is 0 Å². The largest absolute Gasteiger partial charge is 0.450 e. The van der Waals surface area contributed by atoms with Gasteiger partial charge in [-0.05, 0) is 55.7 Å². The first-order valence-electron chi connectivity index (χ1n) is 8.59. The van der Waals surface area contributed by atoms with Crippen LogP contribution >= 0.6 is 0 Å². The van der Waals surface area contributed by atoms with E-state index < -0.39 is 4.92 Å². The van der Waals surface area contributed by atoms with E-state index in [2.05, 4.69) is 10.1 Å². The third kappa shape index (κ3) is 3.65. The van der Waals surface area contributed by atoms with E-state index in [-0.39, 0.29) is 17.5 Å². The van der Waals surface area contributed by atoms with Gasteiger partial charge in [0.25, 0.3) is 5.89 Å². The van der Waals surface area contributed by atoms with Crippen molar-refractivity contribution in [3.63, 3.8) is 0 Å². The van der Waals surface area contributed by atoms with Crippen LogP contribution < -0.4 is 4.74 Å².